The Bertz CT molecular complexity index is 1190. The summed E-state index contributed by atoms with van der Waals surface area (Å²) in [5.41, 5.74) is -1.18. The van der Waals surface area contributed by atoms with Crippen molar-refractivity contribution in [2.45, 2.75) is 12.7 Å². The standard InChI is InChI=1S/C16H13NO3/c18-10-2-1-9-17-15(19)12-7-3-5-11-6-4-8-13(14(11)12)16(17)20/h3-8,10H,1-2,9H2/i1D2,2D2,3D,5D,6D,7D,9D2,10D. The van der Waals surface area contributed by atoms with Gasteiger partial charge in [0.1, 0.15) is 7.63 Å². The number of aldehydes is 1. The van der Waals surface area contributed by atoms with E-state index < -0.39 is 66.6 Å². The van der Waals surface area contributed by atoms with Gasteiger partial charge >= 0.3 is 0 Å². The molecule has 1 aliphatic heterocycles. The lowest BCUT2D eigenvalue weighted by atomic mass is 9.94. The van der Waals surface area contributed by atoms with Gasteiger partial charge in [-0.3, -0.25) is 14.5 Å². The zero-order valence-electron chi connectivity index (χ0n) is 20.8. The highest BCUT2D eigenvalue weighted by Crippen LogP contribution is 2.29. The van der Waals surface area contributed by atoms with Crippen LogP contribution in [-0.4, -0.2) is 29.5 Å². The van der Waals surface area contributed by atoms with Gasteiger partial charge in [0.2, 0.25) is 0 Å². The molecule has 20 heavy (non-hydrogen) atoms. The molecule has 4 nitrogen and oxygen atoms in total. The van der Waals surface area contributed by atoms with Crippen LogP contribution in [0.15, 0.2) is 36.3 Å². The normalized spacial score (nSPS) is 24.0. The van der Waals surface area contributed by atoms with E-state index >= 15 is 0 Å². The highest BCUT2D eigenvalue weighted by atomic mass is 16.2. The number of carbonyl (C=O) groups is 3. The van der Waals surface area contributed by atoms with Crippen LogP contribution >= 0.6 is 0 Å². The van der Waals surface area contributed by atoms with E-state index in [0.717, 1.165) is 12.1 Å². The number of nitrogens with zero attached hydrogens (tertiary/aromatic N) is 1. The minimum atomic E-state index is -3.88. The predicted octanol–water partition coefficient (Wildman–Crippen LogP) is 2.41. The lowest BCUT2D eigenvalue weighted by Crippen LogP contribution is -2.40. The second-order valence-corrected chi connectivity index (χ2v) is 3.80. The molecule has 2 aromatic rings. The van der Waals surface area contributed by atoms with Gasteiger partial charge < -0.3 is 4.79 Å². The molecule has 0 fully saturated rings. The third kappa shape index (κ3) is 1.81. The van der Waals surface area contributed by atoms with Crippen LogP contribution in [0.25, 0.3) is 10.8 Å². The van der Waals surface area contributed by atoms with Gasteiger partial charge in [0, 0.05) is 37.6 Å². The first-order chi connectivity index (χ1) is 14.0. The van der Waals surface area contributed by atoms with E-state index in [2.05, 4.69) is 0 Å². The van der Waals surface area contributed by atoms with Crippen LogP contribution in [0.3, 0.4) is 0 Å². The predicted molar refractivity (Wildman–Crippen MR) is 74.6 cm³/mol. The summed E-state index contributed by atoms with van der Waals surface area (Å²) in [5, 5.41) is -0.629. The Balaban J connectivity index is 2.38. The largest absolute Gasteiger partial charge is 0.303 e. The van der Waals surface area contributed by atoms with Crippen LogP contribution < -0.4 is 0 Å². The number of carbonyl (C=O) groups excluding carboxylic acids is 3. The average molecular weight is 278 g/mol. The molecule has 4 heteroatoms. The second kappa shape index (κ2) is 4.89. The van der Waals surface area contributed by atoms with E-state index in [9.17, 15) is 14.4 Å². The van der Waals surface area contributed by atoms with E-state index in [-0.39, 0.29) is 21.7 Å². The lowest BCUT2D eigenvalue weighted by Gasteiger charge is -2.26. The summed E-state index contributed by atoms with van der Waals surface area (Å²) in [5.74, 6) is -3.03. The van der Waals surface area contributed by atoms with Gasteiger partial charge in [-0.2, -0.15) is 0 Å². The number of imide groups is 1. The molecular formula is C16H13NO3. The van der Waals surface area contributed by atoms with Crippen molar-refractivity contribution in [3.63, 3.8) is 0 Å². The van der Waals surface area contributed by atoms with Crippen molar-refractivity contribution in [1.29, 1.82) is 0 Å². The quantitative estimate of drug-likeness (QED) is 0.637. The molecule has 1 heterocycles. The zero-order chi connectivity index (χ0) is 23.8. The molecular weight excluding hydrogens is 254 g/mol. The molecule has 0 aliphatic carbocycles. The van der Waals surface area contributed by atoms with Gasteiger partial charge in [0.05, 0.1) is 5.48 Å². The number of benzene rings is 2. The fourth-order valence-electron chi connectivity index (χ4n) is 1.95. The van der Waals surface area contributed by atoms with Crippen LogP contribution in [0.2, 0.25) is 0 Å². The second-order valence-electron chi connectivity index (χ2n) is 3.80. The van der Waals surface area contributed by atoms with Crippen molar-refractivity contribution in [3.8, 4) is 0 Å². The number of hydrogen-bond donors (Lipinski definition) is 0. The molecule has 0 radical (unpaired) electrons. The van der Waals surface area contributed by atoms with Crippen molar-refractivity contribution in [1.82, 2.24) is 4.90 Å². The summed E-state index contributed by atoms with van der Waals surface area (Å²) in [6.45, 7) is -3.81. The summed E-state index contributed by atoms with van der Waals surface area (Å²) in [6.07, 6.45) is -9.75. The summed E-state index contributed by atoms with van der Waals surface area (Å²) in [7, 11) is 0. The molecule has 0 atom stereocenters. The Morgan fingerprint density at radius 3 is 2.85 bits per heavy atom. The number of hydrogen-bond acceptors (Lipinski definition) is 3. The van der Waals surface area contributed by atoms with Crippen molar-refractivity contribution in [2.75, 3.05) is 6.50 Å². The average Bonchev–Trinajstić information content (AvgIpc) is 2.65. The third-order valence-corrected chi connectivity index (χ3v) is 2.75. The molecule has 0 saturated heterocycles. The lowest BCUT2D eigenvalue weighted by molar-refractivity contribution is -0.108. The maximum atomic E-state index is 13.1. The Hall–Kier alpha value is -2.49. The zero-order valence-corrected chi connectivity index (χ0v) is 9.83. The first-order valence-corrected chi connectivity index (χ1v) is 5.44. The van der Waals surface area contributed by atoms with E-state index in [1.165, 1.54) is 0 Å². The minimum absolute atomic E-state index is 0.282. The van der Waals surface area contributed by atoms with E-state index in [4.69, 9.17) is 15.1 Å². The number of rotatable bonds is 4. The summed E-state index contributed by atoms with van der Waals surface area (Å²) in [4.78, 5) is 37.2. The van der Waals surface area contributed by atoms with Gasteiger partial charge in [-0.05, 0) is 23.9 Å². The Morgan fingerprint density at radius 2 is 2.05 bits per heavy atom. The molecule has 1 aliphatic rings. The van der Waals surface area contributed by atoms with Crippen LogP contribution in [0.1, 0.15) is 48.5 Å². The fourth-order valence-corrected chi connectivity index (χ4v) is 1.95. The summed E-state index contributed by atoms with van der Waals surface area (Å²) in [6, 6.07) is -0.514. The SMILES string of the molecule is [2H]C(=O)C([2H])([2H])C([2H])([2H])C([2H])([2H])N1C(=O)c2ccc([2H])c3c([2H])c([2H])c([2H])c(c23)C1=O. The third-order valence-electron chi connectivity index (χ3n) is 2.75. The van der Waals surface area contributed by atoms with Gasteiger partial charge in [0.15, 0.2) is 0 Å². The molecule has 0 unspecified atom stereocenters. The van der Waals surface area contributed by atoms with Gasteiger partial charge in [0.25, 0.3) is 11.8 Å². The molecule has 2 aromatic carbocycles. The fraction of sp³-hybridized carbons (Fsp3) is 0.188. The minimum Gasteiger partial charge on any atom is -0.303 e. The van der Waals surface area contributed by atoms with Crippen LogP contribution in [0.4, 0.5) is 0 Å². The summed E-state index contributed by atoms with van der Waals surface area (Å²) < 4.78 is 85.8. The molecule has 0 bridgehead atoms. The first kappa shape index (κ1) is 5.13. The van der Waals surface area contributed by atoms with Gasteiger partial charge in [-0.25, -0.2) is 0 Å². The summed E-state index contributed by atoms with van der Waals surface area (Å²) >= 11 is 0. The Labute approximate surface area is 131 Å². The van der Waals surface area contributed by atoms with E-state index in [1.807, 2.05) is 0 Å². The first-order valence-electron chi connectivity index (χ1n) is 10.9. The van der Waals surface area contributed by atoms with Gasteiger partial charge in [-0.1, -0.05) is 24.2 Å². The van der Waals surface area contributed by atoms with E-state index in [1.54, 1.807) is 0 Å². The molecule has 3 rings (SSSR count). The molecule has 0 spiro atoms. The number of amides is 2. The van der Waals surface area contributed by atoms with Crippen molar-refractivity contribution < 1.29 is 29.5 Å². The Kier molecular flexibility index (Phi) is 1.25. The molecule has 0 aromatic heterocycles. The molecule has 2 amide bonds. The maximum Gasteiger partial charge on any atom is 0.261 e. The van der Waals surface area contributed by atoms with Crippen molar-refractivity contribution >= 4 is 28.8 Å². The van der Waals surface area contributed by atoms with Crippen LogP contribution in [-0.2, 0) is 4.79 Å². The van der Waals surface area contributed by atoms with Crippen LogP contribution in [0, 0.1) is 0 Å². The maximum absolute atomic E-state index is 13.1. The van der Waals surface area contributed by atoms with Gasteiger partial charge in [-0.15, -0.1) is 0 Å². The van der Waals surface area contributed by atoms with Crippen molar-refractivity contribution in [3.05, 3.63) is 47.4 Å². The molecule has 100 valence electrons. The van der Waals surface area contributed by atoms with Crippen LogP contribution in [0.5, 0.6) is 0 Å². The molecule has 0 N–H and O–H groups in total. The topological polar surface area (TPSA) is 54.5 Å². The monoisotopic (exact) mass is 278 g/mol. The smallest absolute Gasteiger partial charge is 0.261 e. The highest BCUT2D eigenvalue weighted by molar-refractivity contribution is 6.25. The van der Waals surface area contributed by atoms with Crippen molar-refractivity contribution in [2.24, 2.45) is 0 Å². The Morgan fingerprint density at radius 1 is 1.25 bits per heavy atom. The van der Waals surface area contributed by atoms with E-state index in [0.29, 0.717) is 0 Å². The molecule has 0 saturated carbocycles. The highest BCUT2D eigenvalue weighted by Gasteiger charge is 2.31.